The molecule has 0 aliphatic rings. The molecule has 0 aliphatic carbocycles. The van der Waals surface area contributed by atoms with E-state index in [0.29, 0.717) is 36.1 Å². The van der Waals surface area contributed by atoms with E-state index in [2.05, 4.69) is 10.3 Å². The average molecular weight is 286 g/mol. The summed E-state index contributed by atoms with van der Waals surface area (Å²) in [4.78, 5) is 18.1. The highest BCUT2D eigenvalue weighted by Crippen LogP contribution is 2.20. The monoisotopic (exact) mass is 285 g/mol. The van der Waals surface area contributed by atoms with Gasteiger partial charge in [0.15, 0.2) is 0 Å². The standard InChI is InChI=1S/C13H20ClN3O2/c1-4-15-12-11(14)8-10(9-16-12)13(18)17(5-2)6-7-19-3/h8-9H,4-7H2,1-3H3,(H,15,16). The number of rotatable bonds is 7. The molecule has 1 N–H and O–H groups in total. The first-order valence-electron chi connectivity index (χ1n) is 6.31. The smallest absolute Gasteiger partial charge is 0.255 e. The van der Waals surface area contributed by atoms with E-state index in [0.717, 1.165) is 6.54 Å². The zero-order valence-corrected chi connectivity index (χ0v) is 12.3. The molecule has 0 saturated heterocycles. The number of carbonyl (C=O) groups excluding carboxylic acids is 1. The van der Waals surface area contributed by atoms with E-state index in [1.54, 1.807) is 24.3 Å². The van der Waals surface area contributed by atoms with Gasteiger partial charge in [-0.15, -0.1) is 0 Å². The number of nitrogens with zero attached hydrogens (tertiary/aromatic N) is 2. The van der Waals surface area contributed by atoms with Crippen LogP contribution in [0.2, 0.25) is 5.02 Å². The molecular formula is C13H20ClN3O2. The minimum atomic E-state index is -0.0861. The highest BCUT2D eigenvalue weighted by atomic mass is 35.5. The maximum atomic E-state index is 12.3. The van der Waals surface area contributed by atoms with Gasteiger partial charge in [0.1, 0.15) is 5.82 Å². The van der Waals surface area contributed by atoms with Crippen LogP contribution in [0.1, 0.15) is 24.2 Å². The molecule has 6 heteroatoms. The van der Waals surface area contributed by atoms with E-state index < -0.39 is 0 Å². The lowest BCUT2D eigenvalue weighted by Gasteiger charge is -2.20. The Morgan fingerprint density at radius 2 is 2.26 bits per heavy atom. The summed E-state index contributed by atoms with van der Waals surface area (Å²) in [6.45, 7) is 6.30. The average Bonchev–Trinajstić information content (AvgIpc) is 2.42. The number of nitrogens with one attached hydrogen (secondary N) is 1. The predicted molar refractivity (Wildman–Crippen MR) is 76.9 cm³/mol. The van der Waals surface area contributed by atoms with Crippen LogP contribution in [-0.4, -0.2) is 49.1 Å². The molecule has 0 fully saturated rings. The van der Waals surface area contributed by atoms with Crippen molar-refractivity contribution in [1.29, 1.82) is 0 Å². The number of aromatic nitrogens is 1. The van der Waals surface area contributed by atoms with E-state index in [-0.39, 0.29) is 5.91 Å². The van der Waals surface area contributed by atoms with Crippen LogP contribution in [0.3, 0.4) is 0 Å². The number of ether oxygens (including phenoxy) is 1. The van der Waals surface area contributed by atoms with Crippen LogP contribution in [0.5, 0.6) is 0 Å². The van der Waals surface area contributed by atoms with Crippen molar-refractivity contribution in [3.8, 4) is 0 Å². The van der Waals surface area contributed by atoms with Crippen molar-refractivity contribution in [2.45, 2.75) is 13.8 Å². The molecule has 5 nitrogen and oxygen atoms in total. The highest BCUT2D eigenvalue weighted by molar-refractivity contribution is 6.33. The van der Waals surface area contributed by atoms with Gasteiger partial charge in [0, 0.05) is 32.9 Å². The van der Waals surface area contributed by atoms with E-state index >= 15 is 0 Å². The number of pyridine rings is 1. The fourth-order valence-electron chi connectivity index (χ4n) is 1.64. The second-order valence-corrected chi connectivity index (χ2v) is 4.37. The van der Waals surface area contributed by atoms with E-state index in [1.807, 2.05) is 13.8 Å². The van der Waals surface area contributed by atoms with E-state index in [4.69, 9.17) is 16.3 Å². The lowest BCUT2D eigenvalue weighted by atomic mass is 10.2. The van der Waals surface area contributed by atoms with Gasteiger partial charge < -0.3 is 15.0 Å². The van der Waals surface area contributed by atoms with E-state index in [9.17, 15) is 4.79 Å². The Morgan fingerprint density at radius 3 is 2.79 bits per heavy atom. The van der Waals surface area contributed by atoms with Crippen molar-refractivity contribution in [3.05, 3.63) is 22.8 Å². The van der Waals surface area contributed by atoms with Crippen LogP contribution in [0.15, 0.2) is 12.3 Å². The summed E-state index contributed by atoms with van der Waals surface area (Å²) in [6.07, 6.45) is 1.54. The van der Waals surface area contributed by atoms with Gasteiger partial charge in [-0.2, -0.15) is 0 Å². The lowest BCUT2D eigenvalue weighted by Crippen LogP contribution is -2.33. The van der Waals surface area contributed by atoms with Gasteiger partial charge in [-0.1, -0.05) is 11.6 Å². The fraction of sp³-hybridized carbons (Fsp3) is 0.538. The second kappa shape index (κ2) is 7.96. The Labute approximate surface area is 118 Å². The van der Waals surface area contributed by atoms with Gasteiger partial charge >= 0.3 is 0 Å². The van der Waals surface area contributed by atoms with Gasteiger partial charge in [0.05, 0.1) is 17.2 Å². The van der Waals surface area contributed by atoms with Crippen LogP contribution >= 0.6 is 11.6 Å². The van der Waals surface area contributed by atoms with Gasteiger partial charge in [0.25, 0.3) is 5.91 Å². The third kappa shape index (κ3) is 4.36. The summed E-state index contributed by atoms with van der Waals surface area (Å²) in [6, 6.07) is 1.64. The molecule has 0 bridgehead atoms. The Morgan fingerprint density at radius 1 is 1.53 bits per heavy atom. The summed E-state index contributed by atoms with van der Waals surface area (Å²) in [5.74, 6) is 0.512. The van der Waals surface area contributed by atoms with Crippen LogP contribution in [-0.2, 0) is 4.74 Å². The van der Waals surface area contributed by atoms with Crippen molar-refractivity contribution in [2.75, 3.05) is 38.7 Å². The topological polar surface area (TPSA) is 54.5 Å². The van der Waals surface area contributed by atoms with Crippen molar-refractivity contribution in [1.82, 2.24) is 9.88 Å². The molecule has 1 amide bonds. The SMILES string of the molecule is CCNc1ncc(C(=O)N(CC)CCOC)cc1Cl. The number of methoxy groups -OCH3 is 1. The predicted octanol–water partition coefficient (Wildman–Crippen LogP) is 2.28. The molecule has 1 rings (SSSR count). The molecule has 0 atom stereocenters. The normalized spacial score (nSPS) is 10.3. The first-order valence-corrected chi connectivity index (χ1v) is 6.69. The first kappa shape index (κ1) is 15.7. The number of amides is 1. The summed E-state index contributed by atoms with van der Waals surface area (Å²) >= 11 is 6.08. The molecule has 1 aromatic rings. The largest absolute Gasteiger partial charge is 0.383 e. The second-order valence-electron chi connectivity index (χ2n) is 3.96. The number of anilines is 1. The van der Waals surface area contributed by atoms with Gasteiger partial charge in [0.2, 0.25) is 0 Å². The van der Waals surface area contributed by atoms with Crippen LogP contribution in [0.4, 0.5) is 5.82 Å². The van der Waals surface area contributed by atoms with Crippen molar-refractivity contribution in [2.24, 2.45) is 0 Å². The molecule has 0 aromatic carbocycles. The number of carbonyl (C=O) groups is 1. The maximum absolute atomic E-state index is 12.3. The third-order valence-corrected chi connectivity index (χ3v) is 2.95. The molecule has 106 valence electrons. The third-order valence-electron chi connectivity index (χ3n) is 2.67. The number of halogens is 1. The van der Waals surface area contributed by atoms with Crippen molar-refractivity contribution >= 4 is 23.3 Å². The Bertz CT molecular complexity index is 426. The number of hydrogen-bond acceptors (Lipinski definition) is 4. The van der Waals surface area contributed by atoms with Gasteiger partial charge in [-0.25, -0.2) is 4.98 Å². The summed E-state index contributed by atoms with van der Waals surface area (Å²) < 4.78 is 4.99. The Kier molecular flexibility index (Phi) is 6.59. The molecule has 0 unspecified atom stereocenters. The molecule has 0 radical (unpaired) electrons. The minimum absolute atomic E-state index is 0.0861. The summed E-state index contributed by atoms with van der Waals surface area (Å²) in [5, 5.41) is 3.49. The number of hydrogen-bond donors (Lipinski definition) is 1. The lowest BCUT2D eigenvalue weighted by molar-refractivity contribution is 0.0706. The molecule has 0 aliphatic heterocycles. The summed E-state index contributed by atoms with van der Waals surface area (Å²) in [5.41, 5.74) is 0.490. The first-order chi connectivity index (χ1) is 9.13. The van der Waals surface area contributed by atoms with Crippen LogP contribution < -0.4 is 5.32 Å². The quantitative estimate of drug-likeness (QED) is 0.835. The fourth-order valence-corrected chi connectivity index (χ4v) is 1.87. The summed E-state index contributed by atoms with van der Waals surface area (Å²) in [7, 11) is 1.61. The van der Waals surface area contributed by atoms with Crippen LogP contribution in [0.25, 0.3) is 0 Å². The van der Waals surface area contributed by atoms with Crippen LogP contribution in [0, 0.1) is 0 Å². The minimum Gasteiger partial charge on any atom is -0.383 e. The zero-order chi connectivity index (χ0) is 14.3. The van der Waals surface area contributed by atoms with Gasteiger partial charge in [-0.05, 0) is 19.9 Å². The molecule has 19 heavy (non-hydrogen) atoms. The highest BCUT2D eigenvalue weighted by Gasteiger charge is 2.15. The van der Waals surface area contributed by atoms with Gasteiger partial charge in [-0.3, -0.25) is 4.79 Å². The maximum Gasteiger partial charge on any atom is 0.255 e. The zero-order valence-electron chi connectivity index (χ0n) is 11.6. The number of likely N-dealkylation sites (N-methyl/N-ethyl adjacent to an activating group) is 1. The molecule has 0 spiro atoms. The Balaban J connectivity index is 2.83. The molecular weight excluding hydrogens is 266 g/mol. The molecule has 1 aromatic heterocycles. The molecule has 0 saturated carbocycles. The Hall–Kier alpha value is -1.33. The van der Waals surface area contributed by atoms with Crippen molar-refractivity contribution in [3.63, 3.8) is 0 Å². The van der Waals surface area contributed by atoms with Crippen molar-refractivity contribution < 1.29 is 9.53 Å². The molecule has 1 heterocycles. The van der Waals surface area contributed by atoms with E-state index in [1.165, 1.54) is 0 Å².